The van der Waals surface area contributed by atoms with Crippen LogP contribution in [0.1, 0.15) is 11.3 Å². The van der Waals surface area contributed by atoms with E-state index >= 15 is 0 Å². The Balaban J connectivity index is 2.15. The van der Waals surface area contributed by atoms with Gasteiger partial charge in [0, 0.05) is 23.6 Å². The average Bonchev–Trinajstić information content (AvgIpc) is 2.78. The summed E-state index contributed by atoms with van der Waals surface area (Å²) in [6.45, 7) is 0. The lowest BCUT2D eigenvalue weighted by molar-refractivity contribution is -0.114. The Morgan fingerprint density at radius 2 is 2.05 bits per heavy atom. The molecule has 2 aromatic heterocycles. The van der Waals surface area contributed by atoms with Crippen LogP contribution in [0.15, 0.2) is 24.3 Å². The molecular weight excluding hydrogens is 264 g/mol. The summed E-state index contributed by atoms with van der Waals surface area (Å²) in [5.74, 6) is 0.0818. The van der Waals surface area contributed by atoms with Crippen molar-refractivity contribution >= 4 is 45.6 Å². The minimum atomic E-state index is 0.0818. The molecule has 1 aromatic carbocycles. The van der Waals surface area contributed by atoms with Gasteiger partial charge in [-0.2, -0.15) is 4.20 Å². The second-order valence-corrected chi connectivity index (χ2v) is 4.78. The number of ketones is 1. The SMILES string of the molecule is O=C1C=Cc2nc3ccc4nnn(Cl)c4c3cc2C1. The van der Waals surface area contributed by atoms with E-state index < -0.39 is 0 Å². The number of benzene rings is 1. The first-order chi connectivity index (χ1) is 9.22. The summed E-state index contributed by atoms with van der Waals surface area (Å²) < 4.78 is 1.21. The Morgan fingerprint density at radius 3 is 2.95 bits per heavy atom. The number of nitrogens with zero attached hydrogens (tertiary/aromatic N) is 4. The molecule has 0 bridgehead atoms. The predicted molar refractivity (Wildman–Crippen MR) is 71.8 cm³/mol. The van der Waals surface area contributed by atoms with Gasteiger partial charge in [0.1, 0.15) is 11.0 Å². The van der Waals surface area contributed by atoms with Crippen LogP contribution in [0, 0.1) is 0 Å². The fraction of sp³-hybridized carbons (Fsp3) is 0.0769. The van der Waals surface area contributed by atoms with Gasteiger partial charge in [0.05, 0.1) is 11.2 Å². The molecule has 0 atom stereocenters. The number of pyridine rings is 1. The molecule has 4 rings (SSSR count). The molecule has 0 spiro atoms. The van der Waals surface area contributed by atoms with Crippen LogP contribution in [0.25, 0.3) is 28.0 Å². The minimum Gasteiger partial charge on any atom is -0.294 e. The summed E-state index contributed by atoms with van der Waals surface area (Å²) in [5, 5.41) is 8.62. The van der Waals surface area contributed by atoms with E-state index in [4.69, 9.17) is 11.8 Å². The maximum Gasteiger partial charge on any atom is 0.160 e. The Labute approximate surface area is 112 Å². The molecule has 0 saturated carbocycles. The van der Waals surface area contributed by atoms with E-state index in [-0.39, 0.29) is 5.78 Å². The van der Waals surface area contributed by atoms with Crippen LogP contribution in [0.2, 0.25) is 0 Å². The number of allylic oxidation sites excluding steroid dienone is 1. The van der Waals surface area contributed by atoms with Crippen LogP contribution in [0.4, 0.5) is 0 Å². The highest BCUT2D eigenvalue weighted by molar-refractivity contribution is 6.21. The fourth-order valence-corrected chi connectivity index (χ4v) is 2.60. The maximum absolute atomic E-state index is 11.5. The summed E-state index contributed by atoms with van der Waals surface area (Å²) in [6, 6.07) is 5.66. The second-order valence-electron chi connectivity index (χ2n) is 4.46. The number of fused-ring (bicyclic) bond motifs is 4. The lowest BCUT2D eigenvalue weighted by atomic mass is 9.99. The van der Waals surface area contributed by atoms with Gasteiger partial charge in [0.2, 0.25) is 0 Å². The van der Waals surface area contributed by atoms with Gasteiger partial charge in [-0.3, -0.25) is 4.79 Å². The van der Waals surface area contributed by atoms with Crippen molar-refractivity contribution in [2.45, 2.75) is 6.42 Å². The lowest BCUT2D eigenvalue weighted by Crippen LogP contribution is -2.07. The van der Waals surface area contributed by atoms with Crippen LogP contribution in [-0.4, -0.2) is 25.3 Å². The summed E-state index contributed by atoms with van der Waals surface area (Å²) in [4.78, 5) is 16.0. The van der Waals surface area contributed by atoms with Gasteiger partial charge < -0.3 is 0 Å². The van der Waals surface area contributed by atoms with Crippen LogP contribution in [0.3, 0.4) is 0 Å². The van der Waals surface area contributed by atoms with Gasteiger partial charge in [-0.1, -0.05) is 0 Å². The monoisotopic (exact) mass is 270 g/mol. The number of aromatic nitrogens is 4. The number of halogens is 1. The summed E-state index contributed by atoms with van der Waals surface area (Å²) >= 11 is 6.00. The van der Waals surface area contributed by atoms with Crippen molar-refractivity contribution < 1.29 is 4.79 Å². The van der Waals surface area contributed by atoms with Crippen LogP contribution < -0.4 is 0 Å². The normalized spacial score (nSPS) is 14.3. The Morgan fingerprint density at radius 1 is 1.21 bits per heavy atom. The van der Waals surface area contributed by atoms with Crippen molar-refractivity contribution in [1.82, 2.24) is 19.5 Å². The van der Waals surface area contributed by atoms with Gasteiger partial charge in [-0.25, -0.2) is 4.98 Å². The molecule has 5 nitrogen and oxygen atoms in total. The van der Waals surface area contributed by atoms with Gasteiger partial charge in [0.15, 0.2) is 5.78 Å². The number of carbonyl (C=O) groups excluding carboxylic acids is 1. The molecule has 0 amide bonds. The topological polar surface area (TPSA) is 60.7 Å². The van der Waals surface area contributed by atoms with Crippen LogP contribution in [-0.2, 0) is 11.2 Å². The summed E-state index contributed by atoms with van der Waals surface area (Å²) in [5.41, 5.74) is 3.98. The van der Waals surface area contributed by atoms with Crippen molar-refractivity contribution in [1.29, 1.82) is 0 Å². The van der Waals surface area contributed by atoms with E-state index in [1.54, 1.807) is 12.2 Å². The third kappa shape index (κ3) is 1.48. The highest BCUT2D eigenvalue weighted by Gasteiger charge is 2.15. The first kappa shape index (κ1) is 10.6. The van der Waals surface area contributed by atoms with Crippen molar-refractivity contribution in [3.63, 3.8) is 0 Å². The van der Waals surface area contributed by atoms with Gasteiger partial charge in [-0.15, -0.1) is 5.10 Å². The molecule has 92 valence electrons. The average molecular weight is 271 g/mol. The summed E-state index contributed by atoms with van der Waals surface area (Å²) in [7, 11) is 0. The molecule has 2 heterocycles. The quantitative estimate of drug-likeness (QED) is 0.628. The van der Waals surface area contributed by atoms with E-state index in [0.717, 1.165) is 27.7 Å². The standard InChI is InChI=1S/C13H7ClN4O/c14-18-13-9-6-7-5-8(19)1-2-10(7)15-11(9)3-4-12(13)16-17-18/h1-4,6H,5H2. The van der Waals surface area contributed by atoms with Crippen molar-refractivity contribution in [3.8, 4) is 0 Å². The van der Waals surface area contributed by atoms with E-state index in [0.29, 0.717) is 11.9 Å². The zero-order valence-electron chi connectivity index (χ0n) is 9.67. The van der Waals surface area contributed by atoms with Crippen molar-refractivity contribution in [3.05, 3.63) is 35.5 Å². The molecule has 0 radical (unpaired) electrons. The largest absolute Gasteiger partial charge is 0.294 e. The number of carbonyl (C=O) groups is 1. The molecule has 19 heavy (non-hydrogen) atoms. The van der Waals surface area contributed by atoms with Gasteiger partial charge in [0.25, 0.3) is 0 Å². The van der Waals surface area contributed by atoms with E-state index in [9.17, 15) is 4.79 Å². The Kier molecular flexibility index (Phi) is 2.02. The smallest absolute Gasteiger partial charge is 0.160 e. The third-order valence-corrected chi connectivity index (χ3v) is 3.51. The molecule has 0 fully saturated rings. The third-order valence-electron chi connectivity index (χ3n) is 3.27. The fourth-order valence-electron chi connectivity index (χ4n) is 2.39. The lowest BCUT2D eigenvalue weighted by Gasteiger charge is -2.10. The van der Waals surface area contributed by atoms with Crippen molar-refractivity contribution in [2.24, 2.45) is 0 Å². The Hall–Kier alpha value is -2.27. The predicted octanol–water partition coefficient (Wildman–Crippen LogP) is 2.12. The van der Waals surface area contributed by atoms with E-state index in [1.807, 2.05) is 18.2 Å². The van der Waals surface area contributed by atoms with E-state index in [1.165, 1.54) is 4.20 Å². The maximum atomic E-state index is 11.5. The van der Waals surface area contributed by atoms with E-state index in [2.05, 4.69) is 15.3 Å². The Bertz CT molecular complexity index is 881. The van der Waals surface area contributed by atoms with Crippen LogP contribution >= 0.6 is 11.8 Å². The first-order valence-corrected chi connectivity index (χ1v) is 6.11. The van der Waals surface area contributed by atoms with Gasteiger partial charge >= 0.3 is 0 Å². The number of hydrogen-bond donors (Lipinski definition) is 0. The number of hydrogen-bond acceptors (Lipinski definition) is 4. The minimum absolute atomic E-state index is 0.0818. The molecule has 0 saturated heterocycles. The summed E-state index contributed by atoms with van der Waals surface area (Å²) in [6.07, 6.45) is 3.68. The van der Waals surface area contributed by atoms with Crippen molar-refractivity contribution in [2.75, 3.05) is 0 Å². The molecule has 1 aliphatic carbocycles. The molecule has 3 aromatic rings. The highest BCUT2D eigenvalue weighted by Crippen LogP contribution is 2.27. The molecular formula is C13H7ClN4O. The second kappa shape index (κ2) is 3.61. The van der Waals surface area contributed by atoms with Crippen LogP contribution in [0.5, 0.6) is 0 Å². The molecule has 0 unspecified atom stereocenters. The first-order valence-electron chi connectivity index (χ1n) is 5.77. The molecule has 1 aliphatic rings. The zero-order valence-corrected chi connectivity index (χ0v) is 10.4. The zero-order chi connectivity index (χ0) is 13.0. The molecule has 0 aliphatic heterocycles. The highest BCUT2D eigenvalue weighted by atomic mass is 35.5. The number of rotatable bonds is 0. The molecule has 0 N–H and O–H groups in total. The van der Waals surface area contributed by atoms with Gasteiger partial charge in [-0.05, 0) is 41.1 Å². The molecule has 6 heteroatoms.